The Hall–Kier alpha value is -2.75. The second-order valence-electron chi connectivity index (χ2n) is 4.64. The number of nitrogens with zero attached hydrogens (tertiary/aromatic N) is 1. The lowest BCUT2D eigenvalue weighted by molar-refractivity contribution is -0.386. The molecule has 1 unspecified atom stereocenters. The third kappa shape index (κ3) is 5.99. The van der Waals surface area contributed by atoms with Crippen molar-refractivity contribution in [2.45, 2.75) is 26.2 Å². The first-order valence-electron chi connectivity index (χ1n) is 6.99. The Bertz CT molecular complexity index is 637. The smallest absolute Gasteiger partial charge is 0.387 e. The molecule has 0 N–H and O–H groups in total. The lowest BCUT2D eigenvalue weighted by atomic mass is 10.1. The number of nitro benzene ring substituents is 1. The summed E-state index contributed by atoms with van der Waals surface area (Å²) in [6.07, 6.45) is 0.543. The van der Waals surface area contributed by atoms with Crippen molar-refractivity contribution >= 4 is 11.7 Å². The van der Waals surface area contributed by atoms with Gasteiger partial charge in [0.1, 0.15) is 6.61 Å². The van der Waals surface area contributed by atoms with Crippen LogP contribution in [0.4, 0.5) is 14.5 Å². The summed E-state index contributed by atoms with van der Waals surface area (Å²) in [4.78, 5) is 22.1. The zero-order valence-corrected chi connectivity index (χ0v) is 13.6. The number of alkyl halides is 2. The van der Waals surface area contributed by atoms with Crippen LogP contribution in [0.1, 0.15) is 12.5 Å². The number of halogens is 2. The topological polar surface area (TPSA) is 97.1 Å². The summed E-state index contributed by atoms with van der Waals surface area (Å²) in [6, 6.07) is 1.88. The van der Waals surface area contributed by atoms with E-state index in [2.05, 4.69) is 11.3 Å². The Balaban J connectivity index is 2.99. The molecule has 0 aliphatic carbocycles. The van der Waals surface area contributed by atoms with Crippen molar-refractivity contribution in [3.05, 3.63) is 40.5 Å². The number of ether oxygens (including phenoxy) is 4. The van der Waals surface area contributed by atoms with Gasteiger partial charge in [-0.25, -0.2) is 4.79 Å². The monoisotopic (exact) mass is 361 g/mol. The molecule has 138 valence electrons. The highest BCUT2D eigenvalue weighted by Crippen LogP contribution is 2.36. The number of rotatable bonds is 10. The van der Waals surface area contributed by atoms with Crippen molar-refractivity contribution in [1.82, 2.24) is 0 Å². The average molecular weight is 361 g/mol. The highest BCUT2D eigenvalue weighted by Gasteiger charge is 2.23. The van der Waals surface area contributed by atoms with Crippen molar-refractivity contribution < 1.29 is 37.4 Å². The Morgan fingerprint density at radius 2 is 2.08 bits per heavy atom. The molecule has 8 nitrogen and oxygen atoms in total. The summed E-state index contributed by atoms with van der Waals surface area (Å²) in [6.45, 7) is 1.36. The highest BCUT2D eigenvalue weighted by atomic mass is 19.3. The highest BCUT2D eigenvalue weighted by molar-refractivity contribution is 5.74. The second kappa shape index (κ2) is 9.52. The summed E-state index contributed by atoms with van der Waals surface area (Å²) < 4.78 is 43.8. The molecular formula is C15H17F2NO7. The number of carbonyl (C=O) groups excluding carboxylic acids is 1. The molecule has 0 radical (unpaired) electrons. The van der Waals surface area contributed by atoms with Gasteiger partial charge in [0.2, 0.25) is 0 Å². The molecule has 1 aromatic rings. The summed E-state index contributed by atoms with van der Waals surface area (Å²) in [7, 11) is 1.18. The van der Waals surface area contributed by atoms with Crippen molar-refractivity contribution in [2.24, 2.45) is 0 Å². The maximum absolute atomic E-state index is 12.4. The predicted molar refractivity (Wildman–Crippen MR) is 81.7 cm³/mol. The third-order valence-corrected chi connectivity index (χ3v) is 2.94. The van der Waals surface area contributed by atoms with Gasteiger partial charge in [0.05, 0.1) is 30.3 Å². The first kappa shape index (κ1) is 20.3. The number of nitro groups is 1. The van der Waals surface area contributed by atoms with Gasteiger partial charge in [0.25, 0.3) is 5.69 Å². The van der Waals surface area contributed by atoms with Crippen LogP contribution in [-0.4, -0.2) is 37.3 Å². The van der Waals surface area contributed by atoms with E-state index in [-0.39, 0.29) is 17.9 Å². The molecule has 1 rings (SSSR count). The van der Waals surface area contributed by atoms with Crippen LogP contribution in [-0.2, 0) is 20.9 Å². The average Bonchev–Trinajstić information content (AvgIpc) is 2.56. The molecule has 0 fully saturated rings. The van der Waals surface area contributed by atoms with Crippen LogP contribution in [0, 0.1) is 10.1 Å². The van der Waals surface area contributed by atoms with Crippen LogP contribution in [0.3, 0.4) is 0 Å². The molecule has 0 aliphatic heterocycles. The Kier molecular flexibility index (Phi) is 7.73. The van der Waals surface area contributed by atoms with Crippen LogP contribution in [0.15, 0.2) is 24.8 Å². The number of esters is 1. The van der Waals surface area contributed by atoms with Gasteiger partial charge in [0.15, 0.2) is 17.6 Å². The van der Waals surface area contributed by atoms with Crippen molar-refractivity contribution in [3.8, 4) is 11.5 Å². The van der Waals surface area contributed by atoms with Gasteiger partial charge in [-0.3, -0.25) is 10.1 Å². The third-order valence-electron chi connectivity index (χ3n) is 2.94. The zero-order valence-electron chi connectivity index (χ0n) is 13.6. The van der Waals surface area contributed by atoms with E-state index in [1.807, 2.05) is 0 Å². The van der Waals surface area contributed by atoms with Gasteiger partial charge < -0.3 is 18.9 Å². The molecular weight excluding hydrogens is 344 g/mol. The van der Waals surface area contributed by atoms with E-state index in [0.29, 0.717) is 0 Å². The van der Waals surface area contributed by atoms with Crippen LogP contribution in [0.5, 0.6) is 11.5 Å². The molecule has 0 saturated carbocycles. The minimum atomic E-state index is -3.18. The number of carbonyl (C=O) groups is 1. The molecule has 10 heteroatoms. The van der Waals surface area contributed by atoms with E-state index in [1.54, 1.807) is 0 Å². The number of methoxy groups -OCH3 is 1. The standard InChI is InChI=1S/C15H17F2NO7/c1-4-5-23-9(2)14(19)24-8-10-6-12(22-3)13(25-15(16)17)7-11(10)18(20)21/h4,6-7,9,15H,1,5,8H2,2-3H3. The molecule has 25 heavy (non-hydrogen) atoms. The van der Waals surface area contributed by atoms with Crippen molar-refractivity contribution in [3.63, 3.8) is 0 Å². The fraction of sp³-hybridized carbons (Fsp3) is 0.400. The second-order valence-corrected chi connectivity index (χ2v) is 4.64. The van der Waals surface area contributed by atoms with Gasteiger partial charge >= 0.3 is 12.6 Å². The van der Waals surface area contributed by atoms with E-state index in [1.165, 1.54) is 20.1 Å². The Morgan fingerprint density at radius 1 is 1.40 bits per heavy atom. The number of hydrogen-bond acceptors (Lipinski definition) is 7. The molecule has 0 spiro atoms. The summed E-state index contributed by atoms with van der Waals surface area (Å²) in [5, 5.41) is 11.1. The number of benzene rings is 1. The lowest BCUT2D eigenvalue weighted by Gasteiger charge is -2.14. The first-order chi connectivity index (χ1) is 11.8. The molecule has 1 aromatic carbocycles. The first-order valence-corrected chi connectivity index (χ1v) is 6.99. The van der Waals surface area contributed by atoms with Gasteiger partial charge in [0, 0.05) is 0 Å². The maximum Gasteiger partial charge on any atom is 0.387 e. The normalized spacial score (nSPS) is 11.7. The molecule has 1 atom stereocenters. The van der Waals surface area contributed by atoms with E-state index in [0.717, 1.165) is 12.1 Å². The maximum atomic E-state index is 12.4. The Labute approximate surface area is 142 Å². The van der Waals surface area contributed by atoms with E-state index in [4.69, 9.17) is 14.2 Å². The zero-order chi connectivity index (χ0) is 19.0. The largest absolute Gasteiger partial charge is 0.493 e. The fourth-order valence-electron chi connectivity index (χ4n) is 1.77. The van der Waals surface area contributed by atoms with Crippen LogP contribution in [0.25, 0.3) is 0 Å². The quantitative estimate of drug-likeness (QED) is 0.273. The van der Waals surface area contributed by atoms with Gasteiger partial charge in [-0.2, -0.15) is 8.78 Å². The fourth-order valence-corrected chi connectivity index (χ4v) is 1.77. The van der Waals surface area contributed by atoms with E-state index >= 15 is 0 Å². The van der Waals surface area contributed by atoms with Crippen LogP contribution in [0.2, 0.25) is 0 Å². The molecule has 0 saturated heterocycles. The molecule has 0 aromatic heterocycles. The minimum absolute atomic E-state index is 0.0484. The van der Waals surface area contributed by atoms with Crippen LogP contribution >= 0.6 is 0 Å². The summed E-state index contributed by atoms with van der Waals surface area (Å²) >= 11 is 0. The lowest BCUT2D eigenvalue weighted by Crippen LogP contribution is -2.23. The molecule has 0 bridgehead atoms. The number of hydrogen-bond donors (Lipinski definition) is 0. The van der Waals surface area contributed by atoms with Gasteiger partial charge in [-0.1, -0.05) is 6.08 Å². The minimum Gasteiger partial charge on any atom is -0.493 e. The molecule has 0 amide bonds. The summed E-state index contributed by atoms with van der Waals surface area (Å²) in [5.74, 6) is -1.40. The van der Waals surface area contributed by atoms with Crippen molar-refractivity contribution in [1.29, 1.82) is 0 Å². The SMILES string of the molecule is C=CCOC(C)C(=O)OCc1cc(OC)c(OC(F)F)cc1[N+](=O)[O-]. The molecule has 0 aliphatic rings. The van der Waals surface area contributed by atoms with E-state index in [9.17, 15) is 23.7 Å². The predicted octanol–water partition coefficient (Wildman–Crippen LogP) is 2.84. The Morgan fingerprint density at radius 3 is 2.60 bits per heavy atom. The van der Waals surface area contributed by atoms with Gasteiger partial charge in [-0.15, -0.1) is 6.58 Å². The molecule has 0 heterocycles. The van der Waals surface area contributed by atoms with E-state index < -0.39 is 41.7 Å². The van der Waals surface area contributed by atoms with Crippen molar-refractivity contribution in [2.75, 3.05) is 13.7 Å². The van der Waals surface area contributed by atoms with Gasteiger partial charge in [-0.05, 0) is 13.0 Å². The van der Waals surface area contributed by atoms with Crippen LogP contribution < -0.4 is 9.47 Å². The summed E-state index contributed by atoms with van der Waals surface area (Å²) in [5.41, 5.74) is -0.600.